The highest BCUT2D eigenvalue weighted by Gasteiger charge is 2.28. The van der Waals surface area contributed by atoms with Gasteiger partial charge in [-0.25, -0.2) is 0 Å². The molecule has 0 spiro atoms. The molecular formula is C14H24N2S. The van der Waals surface area contributed by atoms with Crippen LogP contribution in [0.1, 0.15) is 38.7 Å². The standard InChI is InChI=1S/C14H24N2S/c1-12(2)15-7-3-8-16(14-4-5-14)10-13-6-9-17-11-13/h6,9,11-12,14-15H,3-5,7-8,10H2,1-2H3. The first kappa shape index (κ1) is 13.1. The minimum atomic E-state index is 0.612. The third-order valence-corrected chi connectivity index (χ3v) is 3.94. The highest BCUT2D eigenvalue weighted by Crippen LogP contribution is 2.28. The Hall–Kier alpha value is -0.380. The van der Waals surface area contributed by atoms with Gasteiger partial charge in [0.15, 0.2) is 0 Å². The molecule has 1 fully saturated rings. The maximum absolute atomic E-state index is 3.49. The lowest BCUT2D eigenvalue weighted by Gasteiger charge is -2.21. The monoisotopic (exact) mass is 252 g/mol. The fourth-order valence-corrected chi connectivity index (χ4v) is 2.78. The number of hydrogen-bond donors (Lipinski definition) is 1. The number of nitrogens with zero attached hydrogens (tertiary/aromatic N) is 1. The summed E-state index contributed by atoms with van der Waals surface area (Å²) in [6, 6.07) is 3.74. The molecule has 17 heavy (non-hydrogen) atoms. The fraction of sp³-hybridized carbons (Fsp3) is 0.714. The van der Waals surface area contributed by atoms with Gasteiger partial charge in [-0.15, -0.1) is 0 Å². The molecule has 0 aromatic carbocycles. The van der Waals surface area contributed by atoms with Crippen LogP contribution in [0.4, 0.5) is 0 Å². The van der Waals surface area contributed by atoms with Crippen molar-refractivity contribution in [2.24, 2.45) is 0 Å². The summed E-state index contributed by atoms with van der Waals surface area (Å²) in [5, 5.41) is 7.96. The van der Waals surface area contributed by atoms with Crippen molar-refractivity contribution >= 4 is 11.3 Å². The van der Waals surface area contributed by atoms with Crippen molar-refractivity contribution in [3.63, 3.8) is 0 Å². The molecule has 1 aliphatic carbocycles. The predicted octanol–water partition coefficient (Wildman–Crippen LogP) is 3.10. The quantitative estimate of drug-likeness (QED) is 0.715. The van der Waals surface area contributed by atoms with E-state index < -0.39 is 0 Å². The molecule has 0 radical (unpaired) electrons. The summed E-state index contributed by atoms with van der Waals surface area (Å²) in [4.78, 5) is 2.66. The summed E-state index contributed by atoms with van der Waals surface area (Å²) < 4.78 is 0. The number of nitrogens with one attached hydrogen (secondary N) is 1. The number of hydrogen-bond acceptors (Lipinski definition) is 3. The lowest BCUT2D eigenvalue weighted by molar-refractivity contribution is 0.250. The van der Waals surface area contributed by atoms with Crippen LogP contribution in [-0.2, 0) is 6.54 Å². The minimum Gasteiger partial charge on any atom is -0.314 e. The molecule has 1 aromatic rings. The van der Waals surface area contributed by atoms with Gasteiger partial charge in [-0.3, -0.25) is 4.90 Å². The average Bonchev–Trinajstić information content (AvgIpc) is 3.01. The molecule has 2 nitrogen and oxygen atoms in total. The Kier molecular flexibility index (Phi) is 5.01. The molecule has 96 valence electrons. The molecule has 1 N–H and O–H groups in total. The van der Waals surface area contributed by atoms with E-state index in [1.165, 1.54) is 31.4 Å². The van der Waals surface area contributed by atoms with Gasteiger partial charge in [-0.2, -0.15) is 11.3 Å². The zero-order valence-electron chi connectivity index (χ0n) is 11.0. The van der Waals surface area contributed by atoms with Gasteiger partial charge in [-0.1, -0.05) is 13.8 Å². The Morgan fingerprint density at radius 2 is 2.29 bits per heavy atom. The third kappa shape index (κ3) is 4.78. The highest BCUT2D eigenvalue weighted by molar-refractivity contribution is 7.07. The molecule has 1 heterocycles. The van der Waals surface area contributed by atoms with Crippen LogP contribution in [0.5, 0.6) is 0 Å². The van der Waals surface area contributed by atoms with Crippen LogP contribution in [-0.4, -0.2) is 30.1 Å². The molecule has 1 aliphatic rings. The maximum Gasteiger partial charge on any atom is 0.0244 e. The lowest BCUT2D eigenvalue weighted by Crippen LogP contribution is -2.30. The normalized spacial score (nSPS) is 16.0. The van der Waals surface area contributed by atoms with Crippen molar-refractivity contribution in [2.45, 2.75) is 51.7 Å². The second kappa shape index (κ2) is 6.53. The van der Waals surface area contributed by atoms with Crippen molar-refractivity contribution < 1.29 is 0 Å². The molecule has 0 atom stereocenters. The van der Waals surface area contributed by atoms with E-state index in [9.17, 15) is 0 Å². The van der Waals surface area contributed by atoms with Gasteiger partial charge in [-0.05, 0) is 54.7 Å². The van der Waals surface area contributed by atoms with Gasteiger partial charge in [0, 0.05) is 18.6 Å². The van der Waals surface area contributed by atoms with Gasteiger partial charge in [0.1, 0.15) is 0 Å². The van der Waals surface area contributed by atoms with Crippen molar-refractivity contribution in [1.82, 2.24) is 10.2 Å². The molecule has 0 aliphatic heterocycles. The van der Waals surface area contributed by atoms with E-state index in [0.29, 0.717) is 6.04 Å². The Balaban J connectivity index is 1.70. The molecule has 3 heteroatoms. The SMILES string of the molecule is CC(C)NCCCN(Cc1ccsc1)C1CC1. The van der Waals surface area contributed by atoms with Crippen LogP contribution in [0, 0.1) is 0 Å². The van der Waals surface area contributed by atoms with Crippen LogP contribution < -0.4 is 5.32 Å². The second-order valence-electron chi connectivity index (χ2n) is 5.30. The summed E-state index contributed by atoms with van der Waals surface area (Å²) in [7, 11) is 0. The molecule has 0 unspecified atom stereocenters. The third-order valence-electron chi connectivity index (χ3n) is 3.20. The molecule has 0 bridgehead atoms. The summed E-state index contributed by atoms with van der Waals surface area (Å²) in [6.07, 6.45) is 4.07. The molecule has 0 saturated heterocycles. The lowest BCUT2D eigenvalue weighted by atomic mass is 10.2. The fourth-order valence-electron chi connectivity index (χ4n) is 2.12. The van der Waals surface area contributed by atoms with Crippen LogP contribution in [0.3, 0.4) is 0 Å². The van der Waals surface area contributed by atoms with Gasteiger partial charge in [0.25, 0.3) is 0 Å². The maximum atomic E-state index is 3.49. The van der Waals surface area contributed by atoms with Crippen molar-refractivity contribution in [2.75, 3.05) is 13.1 Å². The topological polar surface area (TPSA) is 15.3 Å². The Morgan fingerprint density at radius 3 is 2.88 bits per heavy atom. The summed E-state index contributed by atoms with van der Waals surface area (Å²) in [6.45, 7) is 7.95. The molecular weight excluding hydrogens is 228 g/mol. The van der Waals surface area contributed by atoms with Gasteiger partial charge < -0.3 is 5.32 Å². The van der Waals surface area contributed by atoms with E-state index in [2.05, 4.69) is 40.9 Å². The first-order valence-electron chi connectivity index (χ1n) is 6.74. The molecule has 2 rings (SSSR count). The summed E-state index contributed by atoms with van der Waals surface area (Å²) in [5.74, 6) is 0. The van der Waals surface area contributed by atoms with Gasteiger partial charge in [0.05, 0.1) is 0 Å². The predicted molar refractivity (Wildman–Crippen MR) is 75.5 cm³/mol. The van der Waals surface area contributed by atoms with Crippen LogP contribution in [0.2, 0.25) is 0 Å². The van der Waals surface area contributed by atoms with E-state index in [-0.39, 0.29) is 0 Å². The number of rotatable bonds is 8. The largest absolute Gasteiger partial charge is 0.314 e. The number of thiophene rings is 1. The summed E-state index contributed by atoms with van der Waals surface area (Å²) in [5.41, 5.74) is 1.48. The van der Waals surface area contributed by atoms with Crippen LogP contribution >= 0.6 is 11.3 Å². The molecule has 0 amide bonds. The Labute approximate surface area is 109 Å². The second-order valence-corrected chi connectivity index (χ2v) is 6.08. The Morgan fingerprint density at radius 1 is 1.47 bits per heavy atom. The highest BCUT2D eigenvalue weighted by atomic mass is 32.1. The minimum absolute atomic E-state index is 0.612. The van der Waals surface area contributed by atoms with Crippen LogP contribution in [0.25, 0.3) is 0 Å². The first-order chi connectivity index (χ1) is 8.25. The Bertz CT molecular complexity index is 304. The van der Waals surface area contributed by atoms with Crippen LogP contribution in [0.15, 0.2) is 16.8 Å². The van der Waals surface area contributed by atoms with Gasteiger partial charge in [0.2, 0.25) is 0 Å². The van der Waals surface area contributed by atoms with E-state index in [4.69, 9.17) is 0 Å². The van der Waals surface area contributed by atoms with Crippen molar-refractivity contribution in [3.05, 3.63) is 22.4 Å². The first-order valence-corrected chi connectivity index (χ1v) is 7.68. The van der Waals surface area contributed by atoms with E-state index in [0.717, 1.165) is 19.1 Å². The van der Waals surface area contributed by atoms with Crippen molar-refractivity contribution in [1.29, 1.82) is 0 Å². The van der Waals surface area contributed by atoms with E-state index in [1.807, 2.05) is 0 Å². The van der Waals surface area contributed by atoms with E-state index in [1.54, 1.807) is 11.3 Å². The zero-order chi connectivity index (χ0) is 12.1. The van der Waals surface area contributed by atoms with Gasteiger partial charge >= 0.3 is 0 Å². The van der Waals surface area contributed by atoms with E-state index >= 15 is 0 Å². The zero-order valence-corrected chi connectivity index (χ0v) is 11.8. The molecule has 1 aromatic heterocycles. The smallest absolute Gasteiger partial charge is 0.0244 e. The molecule has 1 saturated carbocycles. The van der Waals surface area contributed by atoms with Crippen molar-refractivity contribution in [3.8, 4) is 0 Å². The average molecular weight is 252 g/mol. The summed E-state index contributed by atoms with van der Waals surface area (Å²) >= 11 is 1.81.